The number of esters is 1. The van der Waals surface area contributed by atoms with Crippen molar-refractivity contribution in [1.82, 2.24) is 15.5 Å². The van der Waals surface area contributed by atoms with Crippen LogP contribution in [0.4, 0.5) is 9.18 Å². The molecular formula is C27H31ClFN3O6. The normalized spacial score (nSPS) is 13.2. The molecule has 0 fully saturated rings. The lowest BCUT2D eigenvalue weighted by molar-refractivity contribution is -0.148. The van der Waals surface area contributed by atoms with Crippen molar-refractivity contribution in [1.29, 1.82) is 0 Å². The Hall–Kier alpha value is -3.50. The second-order valence-corrected chi connectivity index (χ2v) is 10.4. The van der Waals surface area contributed by atoms with Crippen LogP contribution in [0.25, 0.3) is 11.1 Å². The van der Waals surface area contributed by atoms with E-state index >= 15 is 4.39 Å². The number of aliphatic hydroxyl groups is 1. The summed E-state index contributed by atoms with van der Waals surface area (Å²) >= 11 is 5.97. The van der Waals surface area contributed by atoms with Crippen molar-refractivity contribution < 1.29 is 33.1 Å². The number of aryl methyl sites for hydroxylation is 1. The van der Waals surface area contributed by atoms with Gasteiger partial charge in [0.1, 0.15) is 17.7 Å². The second kappa shape index (κ2) is 11.9. The molecule has 2 aromatic heterocycles. The average molecular weight is 548 g/mol. The van der Waals surface area contributed by atoms with Crippen molar-refractivity contribution in [2.75, 3.05) is 0 Å². The van der Waals surface area contributed by atoms with Crippen LogP contribution in [0, 0.1) is 12.9 Å². The fraction of sp³-hybridized carbons (Fsp3) is 0.407. The lowest BCUT2D eigenvalue weighted by atomic mass is 9.91. The number of rotatable bonds is 8. The lowest BCUT2D eigenvalue weighted by Crippen LogP contribution is -2.36. The molecule has 204 valence electrons. The summed E-state index contributed by atoms with van der Waals surface area (Å²) < 4.78 is 31.4. The topological polar surface area (TPSA) is 124 Å². The van der Waals surface area contributed by atoms with Gasteiger partial charge in [-0.2, -0.15) is 4.39 Å². The van der Waals surface area contributed by atoms with E-state index in [1.54, 1.807) is 65.8 Å². The van der Waals surface area contributed by atoms with Crippen molar-refractivity contribution in [2.24, 2.45) is 0 Å². The highest BCUT2D eigenvalue weighted by Crippen LogP contribution is 2.39. The van der Waals surface area contributed by atoms with Crippen LogP contribution in [-0.2, 0) is 14.3 Å². The Bertz CT molecular complexity index is 1290. The molecule has 1 amide bonds. The van der Waals surface area contributed by atoms with E-state index in [-0.39, 0.29) is 28.9 Å². The quantitative estimate of drug-likeness (QED) is 0.267. The molecule has 11 heteroatoms. The minimum atomic E-state index is -1.42. The largest absolute Gasteiger partial charge is 0.463 e. The summed E-state index contributed by atoms with van der Waals surface area (Å²) in [5, 5.41) is 18.2. The number of benzene rings is 1. The Morgan fingerprint density at radius 2 is 1.84 bits per heavy atom. The first-order valence-corrected chi connectivity index (χ1v) is 12.4. The minimum absolute atomic E-state index is 0.0595. The Labute approximate surface area is 225 Å². The van der Waals surface area contributed by atoms with Gasteiger partial charge in [-0.1, -0.05) is 28.9 Å². The Kier molecular flexibility index (Phi) is 9.11. The van der Waals surface area contributed by atoms with Crippen molar-refractivity contribution in [3.05, 3.63) is 70.1 Å². The molecule has 1 aromatic carbocycles. The van der Waals surface area contributed by atoms with Crippen LogP contribution in [0.2, 0.25) is 5.02 Å². The number of nitrogens with one attached hydrogen (secondary N) is 1. The van der Waals surface area contributed by atoms with Crippen molar-refractivity contribution in [3.8, 4) is 11.1 Å². The van der Waals surface area contributed by atoms with E-state index in [1.165, 1.54) is 12.3 Å². The second-order valence-electron chi connectivity index (χ2n) is 9.97. The lowest BCUT2D eigenvalue weighted by Gasteiger charge is -2.23. The zero-order valence-electron chi connectivity index (χ0n) is 22.0. The van der Waals surface area contributed by atoms with Gasteiger partial charge in [0.15, 0.2) is 5.76 Å². The third kappa shape index (κ3) is 7.29. The van der Waals surface area contributed by atoms with E-state index in [0.717, 1.165) is 0 Å². The number of aromatic nitrogens is 2. The van der Waals surface area contributed by atoms with Crippen LogP contribution >= 0.6 is 11.6 Å². The summed E-state index contributed by atoms with van der Waals surface area (Å²) in [6, 6.07) is 6.71. The summed E-state index contributed by atoms with van der Waals surface area (Å²) in [4.78, 5) is 29.0. The standard InChI is InChI=1S/C27H31ClFN3O6/c1-14(2)36-20(33)13-19(31-26(35)37-27(4,5)6)24-21(15(3)32-38-24)18-11-12-30-25(29)22(18)23(34)16-7-9-17(28)10-8-16/h7-12,14,19,23,34H,13H2,1-6H3,(H,31,35). The van der Waals surface area contributed by atoms with Crippen molar-refractivity contribution in [3.63, 3.8) is 0 Å². The Morgan fingerprint density at radius 3 is 2.45 bits per heavy atom. The molecule has 0 spiro atoms. The monoisotopic (exact) mass is 547 g/mol. The molecule has 2 N–H and O–H groups in total. The number of ether oxygens (including phenoxy) is 2. The number of carbonyl (C=O) groups is 2. The number of nitrogens with zero attached hydrogens (tertiary/aromatic N) is 2. The maximum atomic E-state index is 15.2. The molecule has 2 atom stereocenters. The van der Waals surface area contributed by atoms with Gasteiger partial charge < -0.3 is 24.4 Å². The van der Waals surface area contributed by atoms with Gasteiger partial charge in [-0.15, -0.1) is 0 Å². The van der Waals surface area contributed by atoms with Gasteiger partial charge >= 0.3 is 12.1 Å². The van der Waals surface area contributed by atoms with Gasteiger partial charge in [0.2, 0.25) is 5.95 Å². The predicted molar refractivity (Wildman–Crippen MR) is 138 cm³/mol. The maximum Gasteiger partial charge on any atom is 0.408 e. The molecule has 3 aromatic rings. The number of alkyl carbamates (subject to hydrolysis) is 1. The number of aliphatic hydroxyl groups excluding tert-OH is 1. The molecule has 0 aliphatic carbocycles. The molecule has 0 radical (unpaired) electrons. The minimum Gasteiger partial charge on any atom is -0.463 e. The average Bonchev–Trinajstić information content (AvgIpc) is 3.18. The highest BCUT2D eigenvalue weighted by atomic mass is 35.5. The molecule has 38 heavy (non-hydrogen) atoms. The number of carbonyl (C=O) groups excluding carboxylic acids is 2. The number of halogens is 2. The van der Waals surface area contributed by atoms with Crippen LogP contribution < -0.4 is 5.32 Å². The van der Waals surface area contributed by atoms with Gasteiger partial charge in [0.25, 0.3) is 0 Å². The van der Waals surface area contributed by atoms with E-state index < -0.39 is 41.9 Å². The first-order valence-electron chi connectivity index (χ1n) is 12.0. The summed E-state index contributed by atoms with van der Waals surface area (Å²) in [5.74, 6) is -1.46. The fourth-order valence-electron chi connectivity index (χ4n) is 3.83. The molecule has 0 saturated carbocycles. The van der Waals surface area contributed by atoms with Crippen LogP contribution in [0.1, 0.15) is 75.8 Å². The van der Waals surface area contributed by atoms with E-state index in [1.807, 2.05) is 0 Å². The van der Waals surface area contributed by atoms with Crippen LogP contribution in [0.3, 0.4) is 0 Å². The van der Waals surface area contributed by atoms with Crippen molar-refractivity contribution >= 4 is 23.7 Å². The number of hydrogen-bond acceptors (Lipinski definition) is 8. The van der Waals surface area contributed by atoms with Gasteiger partial charge in [-0.3, -0.25) is 4.79 Å². The third-order valence-electron chi connectivity index (χ3n) is 5.30. The SMILES string of the molecule is Cc1noc(C(CC(=O)OC(C)C)NC(=O)OC(C)(C)C)c1-c1ccnc(F)c1C(O)c1ccc(Cl)cc1. The van der Waals surface area contributed by atoms with E-state index in [2.05, 4.69) is 15.5 Å². The molecular weight excluding hydrogens is 517 g/mol. The first-order chi connectivity index (χ1) is 17.8. The Morgan fingerprint density at radius 1 is 1.18 bits per heavy atom. The summed E-state index contributed by atoms with van der Waals surface area (Å²) in [6.07, 6.45) is -1.69. The van der Waals surface area contributed by atoms with Gasteiger partial charge in [-0.25, -0.2) is 9.78 Å². The number of hydrogen-bond donors (Lipinski definition) is 2. The highest BCUT2D eigenvalue weighted by molar-refractivity contribution is 6.30. The first kappa shape index (κ1) is 29.1. The van der Waals surface area contributed by atoms with Crippen LogP contribution in [0.5, 0.6) is 0 Å². The molecule has 9 nitrogen and oxygen atoms in total. The Balaban J connectivity index is 2.11. The fourth-order valence-corrected chi connectivity index (χ4v) is 3.95. The van der Waals surface area contributed by atoms with E-state index in [0.29, 0.717) is 16.3 Å². The molecule has 3 rings (SSSR count). The third-order valence-corrected chi connectivity index (χ3v) is 5.56. The van der Waals surface area contributed by atoms with Gasteiger partial charge in [0, 0.05) is 16.8 Å². The highest BCUT2D eigenvalue weighted by Gasteiger charge is 2.32. The maximum absolute atomic E-state index is 15.2. The molecule has 0 aliphatic heterocycles. The number of amides is 1. The summed E-state index contributed by atoms with van der Waals surface area (Å²) in [7, 11) is 0. The van der Waals surface area contributed by atoms with Crippen LogP contribution in [-0.4, -0.2) is 39.0 Å². The van der Waals surface area contributed by atoms with Gasteiger partial charge in [0.05, 0.1) is 23.8 Å². The smallest absolute Gasteiger partial charge is 0.408 e. The number of pyridine rings is 1. The van der Waals surface area contributed by atoms with E-state index in [4.69, 9.17) is 25.6 Å². The van der Waals surface area contributed by atoms with Crippen LogP contribution in [0.15, 0.2) is 41.1 Å². The zero-order chi connectivity index (χ0) is 28.2. The molecule has 0 bridgehead atoms. The zero-order valence-corrected chi connectivity index (χ0v) is 22.8. The molecule has 0 aliphatic rings. The molecule has 2 unspecified atom stereocenters. The van der Waals surface area contributed by atoms with E-state index in [9.17, 15) is 14.7 Å². The predicted octanol–water partition coefficient (Wildman–Crippen LogP) is 5.83. The van der Waals surface area contributed by atoms with Crippen molar-refractivity contribution in [2.45, 2.75) is 71.8 Å². The molecule has 2 heterocycles. The summed E-state index contributed by atoms with van der Waals surface area (Å²) in [6.45, 7) is 10.1. The van der Waals surface area contributed by atoms with Gasteiger partial charge in [-0.05, 0) is 70.9 Å². The molecule has 0 saturated heterocycles. The summed E-state index contributed by atoms with van der Waals surface area (Å²) in [5.41, 5.74) is 0.278.